The summed E-state index contributed by atoms with van der Waals surface area (Å²) in [7, 11) is 0. The van der Waals surface area contributed by atoms with E-state index in [0.29, 0.717) is 45.1 Å². The van der Waals surface area contributed by atoms with Crippen LogP contribution < -0.4 is 9.64 Å². The Morgan fingerprint density at radius 3 is 2.12 bits per heavy atom. The first-order valence-corrected chi connectivity index (χ1v) is 11.5. The van der Waals surface area contributed by atoms with Crippen molar-refractivity contribution in [3.05, 3.63) is 60.2 Å². The fraction of sp³-hybridized carbons (Fsp3) is 0.423. The van der Waals surface area contributed by atoms with E-state index in [1.165, 1.54) is 0 Å². The molecule has 0 atom stereocenters. The van der Waals surface area contributed by atoms with E-state index >= 15 is 0 Å². The van der Waals surface area contributed by atoms with Crippen molar-refractivity contribution in [2.24, 2.45) is 0 Å². The molecule has 0 N–H and O–H groups in total. The van der Waals surface area contributed by atoms with Crippen LogP contribution in [0.1, 0.15) is 32.3 Å². The van der Waals surface area contributed by atoms with Crippen LogP contribution in [0.3, 0.4) is 0 Å². The number of rotatable bonds is 5. The van der Waals surface area contributed by atoms with E-state index in [9.17, 15) is 14.4 Å². The molecule has 0 saturated carbocycles. The minimum atomic E-state index is -0.617. The average molecular weight is 450 g/mol. The van der Waals surface area contributed by atoms with Crippen molar-refractivity contribution in [1.29, 1.82) is 0 Å². The number of piperazine rings is 1. The lowest BCUT2D eigenvalue weighted by Gasteiger charge is -2.39. The second-order valence-electron chi connectivity index (χ2n) is 9.03. The lowest BCUT2D eigenvalue weighted by Crippen LogP contribution is -2.54. The van der Waals surface area contributed by atoms with Gasteiger partial charge < -0.3 is 19.4 Å². The van der Waals surface area contributed by atoms with Gasteiger partial charge in [-0.1, -0.05) is 42.5 Å². The van der Waals surface area contributed by atoms with Crippen molar-refractivity contribution in [1.82, 2.24) is 9.80 Å². The minimum absolute atomic E-state index is 0.0423. The molecule has 2 aliphatic rings. The summed E-state index contributed by atoms with van der Waals surface area (Å²) in [6.45, 7) is 6.81. The maximum Gasteiger partial charge on any atom is 0.232 e. The van der Waals surface area contributed by atoms with Crippen molar-refractivity contribution in [2.45, 2.75) is 32.1 Å². The van der Waals surface area contributed by atoms with Gasteiger partial charge >= 0.3 is 0 Å². The van der Waals surface area contributed by atoms with Crippen LogP contribution in [-0.2, 0) is 19.8 Å². The molecule has 0 unspecified atom stereocenters. The van der Waals surface area contributed by atoms with Crippen LogP contribution in [0.5, 0.6) is 5.75 Å². The molecule has 1 fully saturated rings. The zero-order valence-corrected chi connectivity index (χ0v) is 19.3. The Morgan fingerprint density at radius 2 is 1.39 bits per heavy atom. The lowest BCUT2D eigenvalue weighted by molar-refractivity contribution is -0.142. The van der Waals surface area contributed by atoms with Gasteiger partial charge in [0.05, 0.1) is 17.6 Å². The Labute approximate surface area is 194 Å². The quantitative estimate of drug-likeness (QED) is 0.704. The van der Waals surface area contributed by atoms with Crippen LogP contribution >= 0.6 is 0 Å². The van der Waals surface area contributed by atoms with E-state index in [-0.39, 0.29) is 30.6 Å². The third-order valence-electron chi connectivity index (χ3n) is 6.53. The monoisotopic (exact) mass is 449 g/mol. The van der Waals surface area contributed by atoms with Gasteiger partial charge in [0.15, 0.2) is 0 Å². The summed E-state index contributed by atoms with van der Waals surface area (Å²) >= 11 is 0. The highest BCUT2D eigenvalue weighted by atomic mass is 16.5. The number of hydrogen-bond donors (Lipinski definition) is 0. The average Bonchev–Trinajstić information content (AvgIpc) is 2.86. The molecule has 33 heavy (non-hydrogen) atoms. The molecular formula is C26H31N3O4. The first kappa shape index (κ1) is 22.8. The van der Waals surface area contributed by atoms with Crippen molar-refractivity contribution < 1.29 is 19.1 Å². The zero-order valence-electron chi connectivity index (χ0n) is 19.3. The van der Waals surface area contributed by atoms with E-state index < -0.39 is 5.41 Å². The van der Waals surface area contributed by atoms with Gasteiger partial charge in [0.2, 0.25) is 17.7 Å². The summed E-state index contributed by atoms with van der Waals surface area (Å²) in [5, 5.41) is 0. The number of para-hydroxylation sites is 2. The number of carbonyl (C=O) groups excluding carboxylic acids is 3. The Balaban J connectivity index is 1.28. The molecule has 1 saturated heterocycles. The SMILES string of the molecule is CC(C)(C(=O)N1CCN(C(=O)CCC(=O)N2CCOc3ccccc32)CC1)c1ccccc1. The molecule has 7 heteroatoms. The summed E-state index contributed by atoms with van der Waals surface area (Å²) in [6, 6.07) is 17.2. The topological polar surface area (TPSA) is 70.2 Å². The lowest BCUT2D eigenvalue weighted by atomic mass is 9.83. The smallest absolute Gasteiger partial charge is 0.232 e. The van der Waals surface area contributed by atoms with Crippen LogP contribution in [0.4, 0.5) is 5.69 Å². The van der Waals surface area contributed by atoms with Crippen molar-refractivity contribution in [2.75, 3.05) is 44.2 Å². The highest BCUT2D eigenvalue weighted by Crippen LogP contribution is 2.31. The predicted molar refractivity (Wildman–Crippen MR) is 126 cm³/mol. The van der Waals surface area contributed by atoms with E-state index in [1.807, 2.05) is 73.3 Å². The van der Waals surface area contributed by atoms with Gasteiger partial charge in [0.25, 0.3) is 0 Å². The maximum absolute atomic E-state index is 13.1. The molecule has 7 nitrogen and oxygen atoms in total. The van der Waals surface area contributed by atoms with Crippen LogP contribution in [0.2, 0.25) is 0 Å². The molecule has 0 radical (unpaired) electrons. The molecule has 4 rings (SSSR count). The number of hydrogen-bond acceptors (Lipinski definition) is 4. The first-order chi connectivity index (χ1) is 15.9. The summed E-state index contributed by atoms with van der Waals surface area (Å²) < 4.78 is 5.60. The van der Waals surface area contributed by atoms with Crippen LogP contribution in [0.15, 0.2) is 54.6 Å². The number of amides is 3. The number of anilines is 1. The van der Waals surface area contributed by atoms with E-state index in [1.54, 1.807) is 9.80 Å². The van der Waals surface area contributed by atoms with Gasteiger partial charge in [0, 0.05) is 39.0 Å². The highest BCUT2D eigenvalue weighted by Gasteiger charge is 2.35. The second kappa shape index (κ2) is 9.65. The van der Waals surface area contributed by atoms with E-state index in [4.69, 9.17) is 4.74 Å². The number of ether oxygens (including phenoxy) is 1. The zero-order chi connectivity index (χ0) is 23.4. The summed E-state index contributed by atoms with van der Waals surface area (Å²) in [4.78, 5) is 44.0. The van der Waals surface area contributed by atoms with Crippen LogP contribution in [-0.4, -0.2) is 66.9 Å². The van der Waals surface area contributed by atoms with E-state index in [2.05, 4.69) is 0 Å². The number of carbonyl (C=O) groups is 3. The molecule has 2 heterocycles. The van der Waals surface area contributed by atoms with Crippen molar-refractivity contribution >= 4 is 23.4 Å². The Hall–Kier alpha value is -3.35. The summed E-state index contributed by atoms with van der Waals surface area (Å²) in [6.07, 6.45) is 0.329. The first-order valence-electron chi connectivity index (χ1n) is 11.5. The minimum Gasteiger partial charge on any atom is -0.490 e. The largest absolute Gasteiger partial charge is 0.490 e. The molecule has 0 spiro atoms. The van der Waals surface area contributed by atoms with Crippen LogP contribution in [0, 0.1) is 0 Å². The third-order valence-corrected chi connectivity index (χ3v) is 6.53. The van der Waals surface area contributed by atoms with Gasteiger partial charge in [-0.25, -0.2) is 0 Å². The van der Waals surface area contributed by atoms with Gasteiger partial charge in [-0.2, -0.15) is 0 Å². The fourth-order valence-electron chi connectivity index (χ4n) is 4.47. The molecule has 2 aromatic rings. The molecule has 3 amide bonds. The van der Waals surface area contributed by atoms with Gasteiger partial charge in [-0.15, -0.1) is 0 Å². The highest BCUT2D eigenvalue weighted by molar-refractivity contribution is 5.97. The number of nitrogens with zero attached hydrogens (tertiary/aromatic N) is 3. The summed E-state index contributed by atoms with van der Waals surface area (Å²) in [5.41, 5.74) is 1.12. The van der Waals surface area contributed by atoms with E-state index in [0.717, 1.165) is 11.3 Å². The second-order valence-corrected chi connectivity index (χ2v) is 9.03. The summed E-state index contributed by atoms with van der Waals surface area (Å²) in [5.74, 6) is 0.654. The molecule has 0 bridgehead atoms. The predicted octanol–water partition coefficient (Wildman–Crippen LogP) is 2.84. The normalized spacial score (nSPS) is 16.1. The van der Waals surface area contributed by atoms with Gasteiger partial charge in [0.1, 0.15) is 12.4 Å². The Bertz CT molecular complexity index is 1010. The maximum atomic E-state index is 13.1. The molecular weight excluding hydrogens is 418 g/mol. The van der Waals surface area contributed by atoms with Gasteiger partial charge in [-0.3, -0.25) is 14.4 Å². The Kier molecular flexibility index (Phi) is 6.67. The molecule has 0 aromatic heterocycles. The molecule has 2 aromatic carbocycles. The third kappa shape index (κ3) is 4.87. The molecule has 0 aliphatic carbocycles. The fourth-order valence-corrected chi connectivity index (χ4v) is 4.47. The molecule has 2 aliphatic heterocycles. The Morgan fingerprint density at radius 1 is 0.788 bits per heavy atom. The molecule has 174 valence electrons. The van der Waals surface area contributed by atoms with Crippen molar-refractivity contribution in [3.8, 4) is 5.75 Å². The standard InChI is InChI=1S/C26H31N3O4/c1-26(2,20-8-4-3-5-9-20)25(32)28-16-14-27(15-17-28)23(30)12-13-24(31)29-18-19-33-22-11-7-6-10-21(22)29/h3-11H,12-19H2,1-2H3. The van der Waals surface area contributed by atoms with Crippen LogP contribution in [0.25, 0.3) is 0 Å². The number of benzene rings is 2. The van der Waals surface area contributed by atoms with Gasteiger partial charge in [-0.05, 0) is 31.5 Å². The number of fused-ring (bicyclic) bond motifs is 1. The van der Waals surface area contributed by atoms with Crippen molar-refractivity contribution in [3.63, 3.8) is 0 Å².